The average Bonchev–Trinajstić information content (AvgIpc) is 2.17. The number of ether oxygens (including phenoxy) is 1. The minimum atomic E-state index is -0.294. The number of hydrogen-bond acceptors (Lipinski definition) is 3. The van der Waals surface area contributed by atoms with Gasteiger partial charge in [0.25, 0.3) is 0 Å². The lowest BCUT2D eigenvalue weighted by Gasteiger charge is -1.98. The van der Waals surface area contributed by atoms with Crippen molar-refractivity contribution in [3.63, 3.8) is 0 Å². The predicted octanol–water partition coefficient (Wildman–Crippen LogP) is 1.53. The number of hydrogen-bond donors (Lipinski definition) is 1. The number of nitrogens with one attached hydrogen (secondary N) is 1. The lowest BCUT2D eigenvalue weighted by Crippen LogP contribution is -1.98. The first kappa shape index (κ1) is 8.46. The fraction of sp³-hybridized carbons (Fsp3) is 0.111. The highest BCUT2D eigenvalue weighted by Crippen LogP contribution is 2.10. The summed E-state index contributed by atoms with van der Waals surface area (Å²) in [5, 5.41) is 6.74. The molecule has 0 saturated carbocycles. The molecule has 0 fully saturated rings. The van der Waals surface area contributed by atoms with Crippen LogP contribution in [0.3, 0.4) is 0 Å². The van der Waals surface area contributed by atoms with E-state index >= 15 is 0 Å². The van der Waals surface area contributed by atoms with Crippen LogP contribution in [0.1, 0.15) is 10.4 Å². The second-order valence-corrected chi connectivity index (χ2v) is 2.24. The fourth-order valence-electron chi connectivity index (χ4n) is 0.839. The van der Waals surface area contributed by atoms with E-state index < -0.39 is 0 Å². The van der Waals surface area contributed by atoms with E-state index in [1.54, 1.807) is 31.4 Å². The highest BCUT2D eigenvalue weighted by molar-refractivity contribution is 6.34. The summed E-state index contributed by atoms with van der Waals surface area (Å²) in [7, 11) is 1.56. The maximum absolute atomic E-state index is 10.9. The molecule has 0 saturated heterocycles. The highest BCUT2D eigenvalue weighted by Gasteiger charge is 2.00. The molecule has 1 aromatic rings. The molecule has 0 aliphatic carbocycles. The summed E-state index contributed by atoms with van der Waals surface area (Å²) in [6, 6.07) is 6.64. The van der Waals surface area contributed by atoms with Gasteiger partial charge < -0.3 is 10.1 Å². The van der Waals surface area contributed by atoms with E-state index in [1.165, 1.54) is 0 Å². The molecule has 0 heterocycles. The number of Topliss-reactive ketones (excluding diaryl/α,β-unsaturated/α-hetero) is 1. The second kappa shape index (κ2) is 3.67. The summed E-state index contributed by atoms with van der Waals surface area (Å²) in [5.74, 6) is 0.411. The Labute approximate surface area is 70.5 Å². The van der Waals surface area contributed by atoms with Crippen LogP contribution in [-0.4, -0.2) is 19.1 Å². The third kappa shape index (κ3) is 1.69. The topological polar surface area (TPSA) is 50.2 Å². The predicted molar refractivity (Wildman–Crippen MR) is 46.1 cm³/mol. The molecule has 0 bridgehead atoms. The van der Waals surface area contributed by atoms with Crippen molar-refractivity contribution in [3.05, 3.63) is 29.8 Å². The van der Waals surface area contributed by atoms with Gasteiger partial charge in [0, 0.05) is 5.56 Å². The van der Waals surface area contributed by atoms with E-state index in [2.05, 4.69) is 0 Å². The van der Waals surface area contributed by atoms with E-state index in [0.717, 1.165) is 6.21 Å². The van der Waals surface area contributed by atoms with Crippen molar-refractivity contribution in [2.45, 2.75) is 0 Å². The van der Waals surface area contributed by atoms with Gasteiger partial charge in [-0.3, -0.25) is 4.79 Å². The van der Waals surface area contributed by atoms with Crippen molar-refractivity contribution < 1.29 is 9.53 Å². The Kier molecular flexibility index (Phi) is 2.58. The van der Waals surface area contributed by atoms with E-state index in [1.807, 2.05) is 0 Å². The Morgan fingerprint density at radius 2 is 2.00 bits per heavy atom. The summed E-state index contributed by atoms with van der Waals surface area (Å²) in [6.45, 7) is 0. The molecule has 0 amide bonds. The zero-order valence-electron chi connectivity index (χ0n) is 6.70. The first-order chi connectivity index (χ1) is 5.77. The van der Waals surface area contributed by atoms with Gasteiger partial charge in [0.1, 0.15) is 5.75 Å². The number of carbonyl (C=O) groups is 1. The Bertz CT molecular complexity index is 290. The van der Waals surface area contributed by atoms with E-state index in [0.29, 0.717) is 11.3 Å². The number of benzene rings is 1. The van der Waals surface area contributed by atoms with Crippen molar-refractivity contribution in [2.75, 3.05) is 7.11 Å². The zero-order chi connectivity index (χ0) is 8.97. The van der Waals surface area contributed by atoms with Crippen LogP contribution in [0.2, 0.25) is 0 Å². The van der Waals surface area contributed by atoms with Gasteiger partial charge in [-0.2, -0.15) is 0 Å². The molecule has 0 atom stereocenters. The SMILES string of the molecule is COc1ccc(C(=O)C=N)cc1. The Morgan fingerprint density at radius 3 is 2.42 bits per heavy atom. The van der Waals surface area contributed by atoms with Gasteiger partial charge in [-0.15, -0.1) is 0 Å². The van der Waals surface area contributed by atoms with Crippen molar-refractivity contribution in [1.82, 2.24) is 0 Å². The number of ketones is 1. The molecule has 62 valence electrons. The molecule has 0 aliphatic rings. The summed E-state index contributed by atoms with van der Waals surface area (Å²) in [4.78, 5) is 10.9. The van der Waals surface area contributed by atoms with Gasteiger partial charge >= 0.3 is 0 Å². The smallest absolute Gasteiger partial charge is 0.203 e. The van der Waals surface area contributed by atoms with Gasteiger partial charge in [0.2, 0.25) is 5.78 Å². The molecule has 3 nitrogen and oxygen atoms in total. The standard InChI is InChI=1S/C9H9NO2/c1-12-8-4-2-7(3-5-8)9(11)6-10/h2-6,10H,1H3. The van der Waals surface area contributed by atoms with Gasteiger partial charge in [-0.1, -0.05) is 0 Å². The molecule has 3 heteroatoms. The number of rotatable bonds is 3. The molecular weight excluding hydrogens is 154 g/mol. The van der Waals surface area contributed by atoms with Crippen LogP contribution >= 0.6 is 0 Å². The first-order valence-electron chi connectivity index (χ1n) is 3.47. The first-order valence-corrected chi connectivity index (χ1v) is 3.47. The van der Waals surface area contributed by atoms with Crippen molar-refractivity contribution >= 4 is 12.0 Å². The van der Waals surface area contributed by atoms with Gasteiger partial charge in [0.15, 0.2) is 0 Å². The molecule has 1 N–H and O–H groups in total. The van der Waals surface area contributed by atoms with E-state index in [9.17, 15) is 4.79 Å². The maximum atomic E-state index is 10.9. The summed E-state index contributed by atoms with van der Waals surface area (Å²) >= 11 is 0. The molecule has 0 aliphatic heterocycles. The molecule has 0 unspecified atom stereocenters. The summed E-state index contributed by atoms with van der Waals surface area (Å²) in [6.07, 6.45) is 0.793. The Morgan fingerprint density at radius 1 is 1.42 bits per heavy atom. The lowest BCUT2D eigenvalue weighted by molar-refractivity contribution is 0.107. The van der Waals surface area contributed by atoms with E-state index in [4.69, 9.17) is 10.1 Å². The maximum Gasteiger partial charge on any atom is 0.203 e. The average molecular weight is 163 g/mol. The minimum Gasteiger partial charge on any atom is -0.497 e. The van der Waals surface area contributed by atoms with Crippen molar-refractivity contribution in [3.8, 4) is 5.75 Å². The van der Waals surface area contributed by atoms with E-state index in [-0.39, 0.29) is 5.78 Å². The normalized spacial score (nSPS) is 9.08. The van der Waals surface area contributed by atoms with Crippen LogP contribution in [-0.2, 0) is 0 Å². The monoisotopic (exact) mass is 163 g/mol. The molecule has 0 radical (unpaired) electrons. The molecule has 0 aromatic heterocycles. The molecule has 1 rings (SSSR count). The van der Waals surface area contributed by atoms with Gasteiger partial charge in [-0.05, 0) is 24.3 Å². The highest BCUT2D eigenvalue weighted by atomic mass is 16.5. The van der Waals surface area contributed by atoms with Crippen LogP contribution in [0, 0.1) is 5.41 Å². The van der Waals surface area contributed by atoms with Crippen LogP contribution < -0.4 is 4.74 Å². The summed E-state index contributed by atoms with van der Waals surface area (Å²) in [5.41, 5.74) is 0.505. The Balaban J connectivity index is 2.91. The van der Waals surface area contributed by atoms with Gasteiger partial charge in [0.05, 0.1) is 13.3 Å². The number of carbonyl (C=O) groups excluding carboxylic acids is 1. The van der Waals surface area contributed by atoms with Gasteiger partial charge in [-0.25, -0.2) is 0 Å². The second-order valence-electron chi connectivity index (χ2n) is 2.24. The van der Waals surface area contributed by atoms with Crippen molar-refractivity contribution in [2.24, 2.45) is 0 Å². The third-order valence-electron chi connectivity index (χ3n) is 1.51. The molecule has 12 heavy (non-hydrogen) atoms. The fourth-order valence-corrected chi connectivity index (χ4v) is 0.839. The van der Waals surface area contributed by atoms with Crippen LogP contribution in [0.4, 0.5) is 0 Å². The van der Waals surface area contributed by atoms with Crippen LogP contribution in [0.15, 0.2) is 24.3 Å². The quantitative estimate of drug-likeness (QED) is 0.542. The summed E-state index contributed by atoms with van der Waals surface area (Å²) < 4.78 is 4.91. The van der Waals surface area contributed by atoms with Crippen LogP contribution in [0.25, 0.3) is 0 Å². The van der Waals surface area contributed by atoms with Crippen LogP contribution in [0.5, 0.6) is 5.75 Å². The zero-order valence-corrected chi connectivity index (χ0v) is 6.70. The van der Waals surface area contributed by atoms with Crippen molar-refractivity contribution in [1.29, 1.82) is 5.41 Å². The number of methoxy groups -OCH3 is 1. The largest absolute Gasteiger partial charge is 0.497 e. The molecular formula is C9H9NO2. The lowest BCUT2D eigenvalue weighted by atomic mass is 10.1. The molecule has 1 aromatic carbocycles. The third-order valence-corrected chi connectivity index (χ3v) is 1.51. The Hall–Kier alpha value is -1.64. The molecule has 0 spiro atoms. The minimum absolute atomic E-state index is 0.294.